The van der Waals surface area contributed by atoms with Crippen molar-refractivity contribution in [1.82, 2.24) is 4.90 Å². The quantitative estimate of drug-likeness (QED) is 0.858. The average molecular weight is 318 g/mol. The number of carbonyl (C=O) groups excluding carboxylic acids is 3. The molecule has 23 heavy (non-hydrogen) atoms. The third-order valence-corrected chi connectivity index (χ3v) is 3.99. The molecule has 0 spiro atoms. The van der Waals surface area contributed by atoms with Gasteiger partial charge in [-0.1, -0.05) is 25.1 Å². The molecule has 6 nitrogen and oxygen atoms in total. The van der Waals surface area contributed by atoms with Gasteiger partial charge in [-0.05, 0) is 25.0 Å². The first-order chi connectivity index (χ1) is 11.1. The standard InChI is InChI=1S/C17H22N2O4/c1-3-15(20)19(14-9-5-4-6-10-14)16(21)13-8-7-11-18(12-13)17(22)23-2/h4-6,9-10,13H,3,7-8,11-12H2,1-2H3. The maximum atomic E-state index is 12.9. The summed E-state index contributed by atoms with van der Waals surface area (Å²) in [6, 6.07) is 8.90. The van der Waals surface area contributed by atoms with E-state index in [9.17, 15) is 14.4 Å². The summed E-state index contributed by atoms with van der Waals surface area (Å²) in [5.41, 5.74) is 0.569. The number of rotatable bonds is 3. The van der Waals surface area contributed by atoms with Gasteiger partial charge in [-0.3, -0.25) is 14.5 Å². The number of imide groups is 1. The second-order valence-electron chi connectivity index (χ2n) is 5.51. The molecule has 0 bridgehead atoms. The smallest absolute Gasteiger partial charge is 0.409 e. The van der Waals surface area contributed by atoms with Crippen molar-refractivity contribution < 1.29 is 19.1 Å². The van der Waals surface area contributed by atoms with E-state index >= 15 is 0 Å². The summed E-state index contributed by atoms with van der Waals surface area (Å²) >= 11 is 0. The van der Waals surface area contributed by atoms with E-state index in [2.05, 4.69) is 0 Å². The van der Waals surface area contributed by atoms with Crippen molar-refractivity contribution in [2.45, 2.75) is 26.2 Å². The molecular formula is C17H22N2O4. The summed E-state index contributed by atoms with van der Waals surface area (Å²) < 4.78 is 4.73. The van der Waals surface area contributed by atoms with Crippen LogP contribution in [0.4, 0.5) is 10.5 Å². The zero-order chi connectivity index (χ0) is 16.8. The highest BCUT2D eigenvalue weighted by atomic mass is 16.5. The highest BCUT2D eigenvalue weighted by molar-refractivity contribution is 6.15. The van der Waals surface area contributed by atoms with Crippen LogP contribution in [-0.2, 0) is 14.3 Å². The first kappa shape index (κ1) is 17.0. The second-order valence-corrected chi connectivity index (χ2v) is 5.51. The number of para-hydroxylation sites is 1. The van der Waals surface area contributed by atoms with E-state index in [1.54, 1.807) is 31.2 Å². The molecule has 2 rings (SSSR count). The number of hydrogen-bond donors (Lipinski definition) is 0. The maximum absolute atomic E-state index is 12.9. The second kappa shape index (κ2) is 7.76. The largest absolute Gasteiger partial charge is 0.453 e. The highest BCUT2D eigenvalue weighted by Crippen LogP contribution is 2.24. The molecule has 3 amide bonds. The zero-order valence-electron chi connectivity index (χ0n) is 13.5. The SMILES string of the molecule is CCC(=O)N(C(=O)C1CCCN(C(=O)OC)C1)c1ccccc1. The molecule has 0 radical (unpaired) electrons. The molecule has 124 valence electrons. The van der Waals surface area contributed by atoms with Gasteiger partial charge in [0.25, 0.3) is 0 Å². The number of amides is 3. The van der Waals surface area contributed by atoms with Gasteiger partial charge in [-0.2, -0.15) is 0 Å². The zero-order valence-corrected chi connectivity index (χ0v) is 13.5. The molecule has 1 saturated heterocycles. The fraction of sp³-hybridized carbons (Fsp3) is 0.471. The Labute approximate surface area is 136 Å². The Morgan fingerprint density at radius 3 is 2.57 bits per heavy atom. The lowest BCUT2D eigenvalue weighted by Gasteiger charge is -2.33. The Bertz CT molecular complexity index is 573. The minimum Gasteiger partial charge on any atom is -0.453 e. The Balaban J connectivity index is 2.20. The normalized spacial score (nSPS) is 17.5. The van der Waals surface area contributed by atoms with E-state index in [1.807, 2.05) is 6.07 Å². The minimum absolute atomic E-state index is 0.239. The molecule has 6 heteroatoms. The summed E-state index contributed by atoms with van der Waals surface area (Å²) in [4.78, 5) is 39.6. The Hall–Kier alpha value is -2.37. The molecule has 0 aromatic heterocycles. The molecule has 1 unspecified atom stereocenters. The number of nitrogens with zero attached hydrogens (tertiary/aromatic N) is 2. The van der Waals surface area contributed by atoms with Gasteiger partial charge in [0.1, 0.15) is 0 Å². The molecule has 1 fully saturated rings. The van der Waals surface area contributed by atoms with Crippen molar-refractivity contribution in [3.63, 3.8) is 0 Å². The van der Waals surface area contributed by atoms with Crippen molar-refractivity contribution in [3.8, 4) is 0 Å². The molecule has 1 atom stereocenters. The summed E-state index contributed by atoms with van der Waals surface area (Å²) in [6.45, 7) is 2.59. The number of likely N-dealkylation sites (tertiary alicyclic amines) is 1. The summed E-state index contributed by atoms with van der Waals surface area (Å²) in [5.74, 6) is -0.883. The predicted molar refractivity (Wildman–Crippen MR) is 85.9 cm³/mol. The Morgan fingerprint density at radius 2 is 1.96 bits per heavy atom. The average Bonchev–Trinajstić information content (AvgIpc) is 2.61. The fourth-order valence-corrected chi connectivity index (χ4v) is 2.79. The first-order valence-electron chi connectivity index (χ1n) is 7.83. The lowest BCUT2D eigenvalue weighted by Crippen LogP contribution is -2.48. The maximum Gasteiger partial charge on any atom is 0.409 e. The predicted octanol–water partition coefficient (Wildman–Crippen LogP) is 2.43. The fourth-order valence-electron chi connectivity index (χ4n) is 2.79. The minimum atomic E-state index is -0.435. The number of anilines is 1. The van der Waals surface area contributed by atoms with Crippen LogP contribution in [0.25, 0.3) is 0 Å². The highest BCUT2D eigenvalue weighted by Gasteiger charge is 2.34. The monoisotopic (exact) mass is 318 g/mol. The van der Waals surface area contributed by atoms with Gasteiger partial charge in [0.15, 0.2) is 0 Å². The van der Waals surface area contributed by atoms with Crippen molar-refractivity contribution in [2.75, 3.05) is 25.1 Å². The van der Waals surface area contributed by atoms with E-state index in [0.717, 1.165) is 0 Å². The number of benzene rings is 1. The third kappa shape index (κ3) is 3.88. The van der Waals surface area contributed by atoms with Crippen molar-refractivity contribution >= 4 is 23.6 Å². The van der Waals surface area contributed by atoms with E-state index in [4.69, 9.17) is 4.74 Å². The van der Waals surface area contributed by atoms with Crippen LogP contribution in [0.15, 0.2) is 30.3 Å². The molecule has 1 aliphatic heterocycles. The molecule has 1 aliphatic rings. The van der Waals surface area contributed by atoms with Crippen LogP contribution in [0.2, 0.25) is 0 Å². The lowest BCUT2D eigenvalue weighted by molar-refractivity contribution is -0.129. The van der Waals surface area contributed by atoms with Crippen molar-refractivity contribution in [3.05, 3.63) is 30.3 Å². The van der Waals surface area contributed by atoms with Gasteiger partial charge in [0.05, 0.1) is 18.7 Å². The molecule has 0 aliphatic carbocycles. The van der Waals surface area contributed by atoms with Gasteiger partial charge >= 0.3 is 6.09 Å². The van der Waals surface area contributed by atoms with Crippen LogP contribution in [0.1, 0.15) is 26.2 Å². The Kier molecular flexibility index (Phi) is 5.73. The third-order valence-electron chi connectivity index (χ3n) is 3.99. The van der Waals surface area contributed by atoms with E-state index in [0.29, 0.717) is 25.1 Å². The van der Waals surface area contributed by atoms with E-state index < -0.39 is 12.0 Å². The molecule has 0 saturated carbocycles. The summed E-state index contributed by atoms with van der Waals surface area (Å²) in [6.07, 6.45) is 1.19. The number of hydrogen-bond acceptors (Lipinski definition) is 4. The van der Waals surface area contributed by atoms with Gasteiger partial charge in [0, 0.05) is 19.5 Å². The molecule has 1 heterocycles. The van der Waals surface area contributed by atoms with Gasteiger partial charge in [0.2, 0.25) is 11.8 Å². The molecule has 1 aromatic rings. The van der Waals surface area contributed by atoms with Gasteiger partial charge in [-0.25, -0.2) is 4.79 Å². The van der Waals surface area contributed by atoms with Crippen molar-refractivity contribution in [1.29, 1.82) is 0 Å². The van der Waals surface area contributed by atoms with Gasteiger partial charge in [-0.15, -0.1) is 0 Å². The number of carbonyl (C=O) groups is 3. The van der Waals surface area contributed by atoms with Crippen LogP contribution < -0.4 is 4.90 Å². The number of methoxy groups -OCH3 is 1. The van der Waals surface area contributed by atoms with Crippen LogP contribution >= 0.6 is 0 Å². The van der Waals surface area contributed by atoms with Crippen LogP contribution in [-0.4, -0.2) is 43.0 Å². The lowest BCUT2D eigenvalue weighted by atomic mass is 9.96. The van der Waals surface area contributed by atoms with Crippen LogP contribution in [0.3, 0.4) is 0 Å². The molecule has 0 N–H and O–H groups in total. The van der Waals surface area contributed by atoms with Gasteiger partial charge < -0.3 is 9.64 Å². The first-order valence-corrected chi connectivity index (χ1v) is 7.83. The van der Waals surface area contributed by atoms with E-state index in [-0.39, 0.29) is 24.8 Å². The van der Waals surface area contributed by atoms with Crippen LogP contribution in [0, 0.1) is 5.92 Å². The van der Waals surface area contributed by atoms with Crippen LogP contribution in [0.5, 0.6) is 0 Å². The molecular weight excluding hydrogens is 296 g/mol. The number of ether oxygens (including phenoxy) is 1. The molecule has 1 aromatic carbocycles. The van der Waals surface area contributed by atoms with Crippen molar-refractivity contribution in [2.24, 2.45) is 5.92 Å². The Morgan fingerprint density at radius 1 is 1.26 bits per heavy atom. The summed E-state index contributed by atoms with van der Waals surface area (Å²) in [5, 5.41) is 0. The number of piperidine rings is 1. The topological polar surface area (TPSA) is 66.9 Å². The van der Waals surface area contributed by atoms with E-state index in [1.165, 1.54) is 16.9 Å². The summed E-state index contributed by atoms with van der Waals surface area (Å²) in [7, 11) is 1.32.